The Hall–Kier alpha value is -7.86. The molecule has 0 aliphatic carbocycles. The molecule has 4 aliphatic heterocycles. The minimum Gasteiger partial charge on any atom is -0.491 e. The number of hydrogen-bond donors (Lipinski definition) is 2. The first-order valence-electron chi connectivity index (χ1n) is 48.0. The minimum atomic E-state index is -4.23. The lowest BCUT2D eigenvalue weighted by atomic mass is 10.0. The van der Waals surface area contributed by atoms with Crippen molar-refractivity contribution in [1.82, 2.24) is 18.4 Å². The summed E-state index contributed by atoms with van der Waals surface area (Å²) < 4.78 is 83.3. The fraction of sp³-hybridized carbons (Fsp3) is 0.677. The molecule has 4 aromatic carbocycles. The van der Waals surface area contributed by atoms with Gasteiger partial charge in [-0.15, -0.1) is 0 Å². The fourth-order valence-corrected chi connectivity index (χ4v) is 19.8. The highest BCUT2D eigenvalue weighted by molar-refractivity contribution is 7.90. The molecule has 8 rings (SSSR count). The van der Waals surface area contributed by atoms with E-state index in [2.05, 4.69) is 45.3 Å². The SMILES string of the molecule is CCCCCCCCCCCCCCCCCCN1C(C(C(=O)Nc2cc(C)ccc2OCC(CC)CCCC)N2C(=O)OC(C)(C)C2=O)=Nc2ccccc2S1(=O)=O.CCCCCCCCCCCCCCCCCCN1C(C(C(=O)Nc2ccccc2OCCCCCCCCCCCCCC)N2C(=O)OC(C)(C)C2=O)=Nc2ccccc2S1(=O)=O. The molecule has 0 saturated carbocycles. The first kappa shape index (κ1) is 102. The van der Waals surface area contributed by atoms with E-state index in [1.165, 1.54) is 239 Å². The second-order valence-electron chi connectivity index (χ2n) is 35.5. The molecule has 4 heterocycles. The van der Waals surface area contributed by atoms with Gasteiger partial charge in [-0.3, -0.25) is 27.8 Å². The summed E-state index contributed by atoms with van der Waals surface area (Å²) in [6.07, 6.45) is 54.5. The third-order valence-electron chi connectivity index (χ3n) is 24.1. The number of unbranched alkanes of at least 4 members (excludes halogenated alkanes) is 42. The summed E-state index contributed by atoms with van der Waals surface area (Å²) >= 11 is 0. The summed E-state index contributed by atoms with van der Waals surface area (Å²) in [5.41, 5.74) is -1.38. The number of aryl methyl sites for hydroxylation is 1. The van der Waals surface area contributed by atoms with Gasteiger partial charge in [-0.1, -0.05) is 360 Å². The van der Waals surface area contributed by atoms with Gasteiger partial charge in [-0.25, -0.2) is 46.2 Å². The number of ether oxygens (including phenoxy) is 4. The molecule has 686 valence electrons. The van der Waals surface area contributed by atoms with E-state index in [0.29, 0.717) is 64.6 Å². The van der Waals surface area contributed by atoms with Gasteiger partial charge in [0.2, 0.25) is 0 Å². The molecule has 0 bridgehead atoms. The van der Waals surface area contributed by atoms with E-state index < -0.39 is 79.1 Å². The van der Waals surface area contributed by atoms with Crippen molar-refractivity contribution in [1.29, 1.82) is 0 Å². The van der Waals surface area contributed by atoms with Crippen LogP contribution in [-0.4, -0.2) is 132 Å². The molecule has 0 spiro atoms. The number of para-hydroxylation sites is 4. The maximum absolute atomic E-state index is 14.7. The molecule has 6 amide bonds. The van der Waals surface area contributed by atoms with Gasteiger partial charge in [-0.05, 0) is 120 Å². The lowest BCUT2D eigenvalue weighted by molar-refractivity contribution is -0.137. The van der Waals surface area contributed by atoms with Crippen LogP contribution in [-0.2, 0) is 48.7 Å². The number of aliphatic imine (C=N–C) groups is 2. The van der Waals surface area contributed by atoms with E-state index >= 15 is 0 Å². The average molecular weight is 1740 g/mol. The number of nitrogens with one attached hydrogen (secondary N) is 2. The summed E-state index contributed by atoms with van der Waals surface area (Å²) in [6, 6.07) is 21.6. The quantitative estimate of drug-likeness (QED) is 0.0389. The zero-order valence-electron chi connectivity index (χ0n) is 76.9. The van der Waals surface area contributed by atoms with Crippen LogP contribution in [0.5, 0.6) is 11.5 Å². The number of amides is 6. The molecular formula is C99H154N8O14S2. The van der Waals surface area contributed by atoms with Gasteiger partial charge < -0.3 is 29.6 Å². The molecule has 24 heteroatoms. The highest BCUT2D eigenvalue weighted by Gasteiger charge is 2.57. The van der Waals surface area contributed by atoms with Crippen molar-refractivity contribution < 1.29 is 64.6 Å². The lowest BCUT2D eigenvalue weighted by Crippen LogP contribution is -2.59. The first-order chi connectivity index (χ1) is 59.4. The summed E-state index contributed by atoms with van der Waals surface area (Å²) in [6.45, 7) is 19.7. The van der Waals surface area contributed by atoms with Gasteiger partial charge in [0.05, 0.1) is 36.0 Å². The number of nitrogens with zero attached hydrogens (tertiary/aromatic N) is 6. The maximum atomic E-state index is 14.7. The number of carbonyl (C=O) groups excluding carboxylic acids is 6. The maximum Gasteiger partial charge on any atom is 0.418 e. The molecule has 22 nitrogen and oxygen atoms in total. The zero-order chi connectivity index (χ0) is 88.9. The Morgan fingerprint density at radius 2 is 0.724 bits per heavy atom. The molecule has 2 fully saturated rings. The van der Waals surface area contributed by atoms with Gasteiger partial charge in [0.1, 0.15) is 21.3 Å². The first-order valence-corrected chi connectivity index (χ1v) is 50.9. The normalized spacial score (nSPS) is 16.2. The van der Waals surface area contributed by atoms with E-state index in [-0.39, 0.29) is 45.9 Å². The summed E-state index contributed by atoms with van der Waals surface area (Å²) in [5.74, 6) is -2.43. The zero-order valence-corrected chi connectivity index (χ0v) is 78.5. The molecule has 2 N–H and O–H groups in total. The Labute approximate surface area is 740 Å². The minimum absolute atomic E-state index is 0.00149. The molecule has 3 atom stereocenters. The molecule has 3 unspecified atom stereocenters. The number of anilines is 2. The number of carbonyl (C=O) groups is 6. The van der Waals surface area contributed by atoms with Crippen molar-refractivity contribution in [3.63, 3.8) is 0 Å². The predicted octanol–water partition coefficient (Wildman–Crippen LogP) is 25.5. The number of sulfonamides is 2. The molecule has 0 radical (unpaired) electrons. The van der Waals surface area contributed by atoms with Crippen LogP contribution >= 0.6 is 0 Å². The smallest absolute Gasteiger partial charge is 0.418 e. The predicted molar refractivity (Wildman–Crippen MR) is 497 cm³/mol. The van der Waals surface area contributed by atoms with Gasteiger partial charge >= 0.3 is 12.2 Å². The average Bonchev–Trinajstić information content (AvgIpc) is 1.72. The summed E-state index contributed by atoms with van der Waals surface area (Å²) in [4.78, 5) is 95.2. The van der Waals surface area contributed by atoms with Crippen LogP contribution < -0.4 is 20.1 Å². The van der Waals surface area contributed by atoms with Crippen LogP contribution in [0.1, 0.15) is 376 Å². The van der Waals surface area contributed by atoms with Crippen LogP contribution in [0.3, 0.4) is 0 Å². The number of imide groups is 2. The summed E-state index contributed by atoms with van der Waals surface area (Å²) in [5, 5.41) is 5.78. The molecular weight excluding hydrogens is 1590 g/mol. The van der Waals surface area contributed by atoms with Crippen molar-refractivity contribution >= 4 is 90.3 Å². The van der Waals surface area contributed by atoms with Crippen molar-refractivity contribution in [2.45, 2.75) is 411 Å². The second kappa shape index (κ2) is 54.9. The number of fused-ring (bicyclic) bond motifs is 2. The van der Waals surface area contributed by atoms with Gasteiger partial charge in [0.15, 0.2) is 35.0 Å². The van der Waals surface area contributed by atoms with Crippen LogP contribution in [0.2, 0.25) is 0 Å². The van der Waals surface area contributed by atoms with Gasteiger partial charge in [0.25, 0.3) is 43.7 Å². The lowest BCUT2D eigenvalue weighted by Gasteiger charge is -2.35. The Morgan fingerprint density at radius 3 is 1.08 bits per heavy atom. The monoisotopic (exact) mass is 1740 g/mol. The van der Waals surface area contributed by atoms with Crippen molar-refractivity contribution in [2.24, 2.45) is 15.9 Å². The standard InChI is InChI=1S/C52H82N4O7S.C47H72N4O7S/c1-5-7-9-11-13-15-17-19-20-21-22-23-25-27-29-35-41-55-48(53-44-38-32-34-40-46(44)64(55,60)61)47(56-50(58)52(3,4)63-51(56)59)49(57)54-43-37-31-33-39-45(43)62-42-36-30-28-26-24-18-16-14-12-10-8-6-2;1-7-10-12-13-14-15-16-17-18-19-20-21-22-23-24-27-33-50-43(48-38-29-25-26-30-41(38)59(50,55)56)42(51-45(53)47(5,6)58-46(51)54)44(52)49-39-34-36(4)31-32-40(39)57-35-37(9-3)28-11-8-2/h31-34,37-40,47H,5-30,35-36,41-42H2,1-4H3,(H,54,57);25-26,29-32,34,37,42H,7-24,27-28,33,35H2,1-6H3,(H,49,52). The highest BCUT2D eigenvalue weighted by atomic mass is 32.2. The molecule has 123 heavy (non-hydrogen) atoms. The van der Waals surface area contributed by atoms with E-state index in [4.69, 9.17) is 28.9 Å². The highest BCUT2D eigenvalue weighted by Crippen LogP contribution is 2.40. The molecule has 2 saturated heterocycles. The Balaban J connectivity index is 0.000000339. The van der Waals surface area contributed by atoms with Crippen molar-refractivity contribution in [2.75, 3.05) is 36.9 Å². The van der Waals surface area contributed by atoms with Crippen LogP contribution in [0.25, 0.3) is 0 Å². The van der Waals surface area contributed by atoms with Gasteiger partial charge in [0, 0.05) is 13.1 Å². The Kier molecular flexibility index (Phi) is 45.6. The topological polar surface area (TPSA) is 269 Å². The number of hydrogen-bond acceptors (Lipinski definition) is 16. The molecule has 4 aliphatic rings. The third kappa shape index (κ3) is 32.5. The van der Waals surface area contributed by atoms with Crippen LogP contribution in [0, 0.1) is 12.8 Å². The largest absolute Gasteiger partial charge is 0.491 e. The fourth-order valence-electron chi connectivity index (χ4n) is 16.6. The van der Waals surface area contributed by atoms with E-state index in [1.807, 2.05) is 19.1 Å². The Bertz CT molecular complexity index is 4180. The molecule has 0 aromatic heterocycles. The van der Waals surface area contributed by atoms with E-state index in [0.717, 1.165) is 110 Å². The van der Waals surface area contributed by atoms with Gasteiger partial charge in [-0.2, -0.15) is 0 Å². The Morgan fingerprint density at radius 1 is 0.398 bits per heavy atom. The second-order valence-corrected chi connectivity index (χ2v) is 39.1. The van der Waals surface area contributed by atoms with Crippen LogP contribution in [0.4, 0.5) is 32.3 Å². The number of cyclic esters (lactones) is 2. The molecule has 4 aromatic rings. The summed E-state index contributed by atoms with van der Waals surface area (Å²) in [7, 11) is -8.46. The van der Waals surface area contributed by atoms with E-state index in [9.17, 15) is 45.6 Å². The number of rotatable bonds is 63. The van der Waals surface area contributed by atoms with Crippen molar-refractivity contribution in [3.8, 4) is 11.5 Å². The van der Waals surface area contributed by atoms with Crippen molar-refractivity contribution in [3.05, 3.63) is 96.6 Å². The number of amidine groups is 2. The third-order valence-corrected chi connectivity index (χ3v) is 27.8. The number of benzene rings is 4. The van der Waals surface area contributed by atoms with E-state index in [1.54, 1.807) is 66.7 Å². The van der Waals surface area contributed by atoms with Crippen LogP contribution in [0.15, 0.2) is 111 Å².